The van der Waals surface area contributed by atoms with Gasteiger partial charge in [-0.05, 0) is 6.07 Å². The van der Waals surface area contributed by atoms with E-state index in [-0.39, 0.29) is 11.6 Å². The van der Waals surface area contributed by atoms with E-state index >= 15 is 0 Å². The Morgan fingerprint density at radius 3 is 2.54 bits per heavy atom. The molecular weight excluding hydrogens is 357 g/mol. The van der Waals surface area contributed by atoms with Crippen molar-refractivity contribution in [2.45, 2.75) is 18.4 Å². The van der Waals surface area contributed by atoms with Gasteiger partial charge in [0.1, 0.15) is 11.9 Å². The van der Waals surface area contributed by atoms with E-state index in [4.69, 9.17) is 32.7 Å². The van der Waals surface area contributed by atoms with Crippen molar-refractivity contribution in [1.82, 2.24) is 9.97 Å². The van der Waals surface area contributed by atoms with E-state index in [2.05, 4.69) is 9.97 Å². The summed E-state index contributed by atoms with van der Waals surface area (Å²) in [5.41, 5.74) is -0.369. The minimum atomic E-state index is -0.816. The van der Waals surface area contributed by atoms with E-state index in [0.29, 0.717) is 41.8 Å². The Labute approximate surface area is 147 Å². The number of nitrogens with zero attached hydrogens (tertiary/aromatic N) is 3. The molecule has 0 amide bonds. The van der Waals surface area contributed by atoms with Crippen LogP contribution in [0, 0.1) is 10.1 Å². The normalized spacial score (nSPS) is 16.6. The van der Waals surface area contributed by atoms with Crippen LogP contribution in [0.4, 0.5) is 5.69 Å². The molecule has 0 bridgehead atoms. The van der Waals surface area contributed by atoms with Crippen LogP contribution in [-0.2, 0) is 10.3 Å². The Bertz CT molecular complexity index is 749. The number of hydrogen-bond donors (Lipinski definition) is 0. The van der Waals surface area contributed by atoms with Gasteiger partial charge in [0.25, 0.3) is 5.69 Å². The van der Waals surface area contributed by atoms with Gasteiger partial charge >= 0.3 is 0 Å². The molecule has 3 heterocycles. The minimum Gasteiger partial charge on any atom is -0.464 e. The van der Waals surface area contributed by atoms with Gasteiger partial charge in [0.05, 0.1) is 28.2 Å². The predicted octanol–water partition coefficient (Wildman–Crippen LogP) is 3.78. The molecule has 1 aliphatic rings. The molecule has 0 aromatic carbocycles. The van der Waals surface area contributed by atoms with Crippen LogP contribution in [0.5, 0.6) is 5.88 Å². The topological polar surface area (TPSA) is 87.4 Å². The van der Waals surface area contributed by atoms with E-state index in [1.165, 1.54) is 18.3 Å². The summed E-state index contributed by atoms with van der Waals surface area (Å²) in [5, 5.41) is 11.6. The average molecular weight is 370 g/mol. The number of ether oxygens (including phenoxy) is 2. The molecule has 0 saturated carbocycles. The fourth-order valence-electron chi connectivity index (χ4n) is 2.58. The molecule has 1 fully saturated rings. The highest BCUT2D eigenvalue weighted by Crippen LogP contribution is 2.39. The zero-order chi connectivity index (χ0) is 17.2. The quantitative estimate of drug-likeness (QED) is 0.601. The first-order valence-corrected chi connectivity index (χ1v) is 7.94. The van der Waals surface area contributed by atoms with Gasteiger partial charge in [0.2, 0.25) is 5.88 Å². The fraction of sp³-hybridized carbons (Fsp3) is 0.333. The van der Waals surface area contributed by atoms with Crippen LogP contribution in [0.15, 0.2) is 30.6 Å². The molecule has 0 spiro atoms. The third-order valence-electron chi connectivity index (χ3n) is 3.77. The third-order valence-corrected chi connectivity index (χ3v) is 4.27. The molecule has 0 aliphatic carbocycles. The molecule has 2 aromatic rings. The Balaban J connectivity index is 1.95. The Kier molecular flexibility index (Phi) is 4.84. The van der Waals surface area contributed by atoms with Crippen molar-refractivity contribution < 1.29 is 14.4 Å². The summed E-state index contributed by atoms with van der Waals surface area (Å²) in [6, 6.07) is 4.40. The predicted molar refractivity (Wildman–Crippen MR) is 87.5 cm³/mol. The van der Waals surface area contributed by atoms with E-state index in [1.807, 2.05) is 0 Å². The van der Waals surface area contributed by atoms with Crippen molar-refractivity contribution in [2.24, 2.45) is 0 Å². The number of nitro groups is 1. The van der Waals surface area contributed by atoms with E-state index in [0.717, 1.165) is 6.20 Å². The Morgan fingerprint density at radius 2 is 1.96 bits per heavy atom. The number of rotatable bonds is 4. The Hall–Kier alpha value is -1.96. The molecule has 0 radical (unpaired) electrons. The molecule has 24 heavy (non-hydrogen) atoms. The zero-order valence-corrected chi connectivity index (χ0v) is 14.0. The van der Waals surface area contributed by atoms with Gasteiger partial charge in [0.15, 0.2) is 5.60 Å². The first-order valence-electron chi connectivity index (χ1n) is 7.19. The van der Waals surface area contributed by atoms with Gasteiger partial charge in [-0.2, -0.15) is 0 Å². The second kappa shape index (κ2) is 6.88. The molecule has 3 rings (SSSR count). The standard InChI is InChI=1S/C15H13Cl2N3O4/c16-10-7-12(17)14(19-8-10)15(3-5-23-6-4-15)24-13-2-1-11(9-18-13)20(21)22/h1-2,7-9H,3-6H2. The second-order valence-corrected chi connectivity index (χ2v) is 6.15. The lowest BCUT2D eigenvalue weighted by atomic mass is 9.89. The first-order chi connectivity index (χ1) is 11.5. The molecular formula is C15H13Cl2N3O4. The number of halogens is 2. The van der Waals surface area contributed by atoms with Crippen LogP contribution in [0.2, 0.25) is 10.0 Å². The van der Waals surface area contributed by atoms with Crippen LogP contribution in [0.3, 0.4) is 0 Å². The molecule has 0 unspecified atom stereocenters. The van der Waals surface area contributed by atoms with E-state index in [1.54, 1.807) is 6.07 Å². The largest absolute Gasteiger partial charge is 0.464 e. The SMILES string of the molecule is O=[N+]([O-])c1ccc(OC2(c3ncc(Cl)cc3Cl)CCOCC2)nc1. The second-order valence-electron chi connectivity index (χ2n) is 5.30. The molecule has 9 heteroatoms. The maximum atomic E-state index is 10.7. The smallest absolute Gasteiger partial charge is 0.287 e. The maximum absolute atomic E-state index is 10.7. The highest BCUT2D eigenvalue weighted by atomic mass is 35.5. The molecule has 0 N–H and O–H groups in total. The van der Waals surface area contributed by atoms with Crippen LogP contribution < -0.4 is 4.74 Å². The summed E-state index contributed by atoms with van der Waals surface area (Å²) in [4.78, 5) is 18.6. The van der Waals surface area contributed by atoms with Gasteiger partial charge in [-0.25, -0.2) is 4.98 Å². The van der Waals surface area contributed by atoms with Gasteiger partial charge in [-0.3, -0.25) is 15.1 Å². The highest BCUT2D eigenvalue weighted by molar-refractivity contribution is 6.34. The molecule has 0 atom stereocenters. The van der Waals surface area contributed by atoms with E-state index < -0.39 is 10.5 Å². The van der Waals surface area contributed by atoms with Crippen molar-refractivity contribution in [3.63, 3.8) is 0 Å². The summed E-state index contributed by atoms with van der Waals surface area (Å²) >= 11 is 12.2. The van der Waals surface area contributed by atoms with Crippen molar-refractivity contribution in [3.8, 4) is 5.88 Å². The lowest BCUT2D eigenvalue weighted by Gasteiger charge is -2.37. The average Bonchev–Trinajstić information content (AvgIpc) is 2.56. The molecule has 7 nitrogen and oxygen atoms in total. The van der Waals surface area contributed by atoms with Crippen LogP contribution >= 0.6 is 23.2 Å². The molecule has 2 aromatic heterocycles. The van der Waals surface area contributed by atoms with Gasteiger partial charge in [-0.15, -0.1) is 0 Å². The summed E-state index contributed by atoms with van der Waals surface area (Å²) < 4.78 is 11.5. The number of pyridine rings is 2. The van der Waals surface area contributed by atoms with Crippen molar-refractivity contribution in [1.29, 1.82) is 0 Å². The monoisotopic (exact) mass is 369 g/mol. The number of hydrogen-bond acceptors (Lipinski definition) is 6. The van der Waals surface area contributed by atoms with Crippen molar-refractivity contribution in [3.05, 3.63) is 56.4 Å². The summed E-state index contributed by atoms with van der Waals surface area (Å²) in [6.45, 7) is 0.960. The van der Waals surface area contributed by atoms with Crippen molar-refractivity contribution in [2.75, 3.05) is 13.2 Å². The van der Waals surface area contributed by atoms with Crippen molar-refractivity contribution >= 4 is 28.9 Å². The van der Waals surface area contributed by atoms with Gasteiger partial charge in [0, 0.05) is 31.2 Å². The molecule has 1 aliphatic heterocycles. The van der Waals surface area contributed by atoms with Crippen LogP contribution in [-0.4, -0.2) is 28.1 Å². The lowest BCUT2D eigenvalue weighted by molar-refractivity contribution is -0.385. The maximum Gasteiger partial charge on any atom is 0.287 e. The van der Waals surface area contributed by atoms with E-state index in [9.17, 15) is 10.1 Å². The third kappa shape index (κ3) is 3.43. The lowest BCUT2D eigenvalue weighted by Crippen LogP contribution is -2.40. The first kappa shape index (κ1) is 16.9. The molecule has 1 saturated heterocycles. The van der Waals surface area contributed by atoms with Gasteiger partial charge < -0.3 is 9.47 Å². The summed E-state index contributed by atoms with van der Waals surface area (Å²) in [5.74, 6) is 0.260. The van der Waals surface area contributed by atoms with Gasteiger partial charge in [-0.1, -0.05) is 23.2 Å². The van der Waals surface area contributed by atoms with Crippen LogP contribution in [0.1, 0.15) is 18.5 Å². The Morgan fingerprint density at radius 1 is 1.21 bits per heavy atom. The zero-order valence-electron chi connectivity index (χ0n) is 12.4. The highest BCUT2D eigenvalue weighted by Gasteiger charge is 2.40. The summed E-state index contributed by atoms with van der Waals surface area (Å²) in [6.07, 6.45) is 3.71. The van der Waals surface area contributed by atoms with Crippen LogP contribution in [0.25, 0.3) is 0 Å². The molecule has 126 valence electrons. The summed E-state index contributed by atoms with van der Waals surface area (Å²) in [7, 11) is 0. The minimum absolute atomic E-state index is 0.106. The number of aromatic nitrogens is 2. The fourth-order valence-corrected chi connectivity index (χ4v) is 3.13.